The second-order valence-electron chi connectivity index (χ2n) is 9.49. The third kappa shape index (κ3) is 7.65. The van der Waals surface area contributed by atoms with Crippen molar-refractivity contribution in [3.8, 4) is 11.5 Å². The number of rotatable bonds is 11. The van der Waals surface area contributed by atoms with Crippen LogP contribution in [0.2, 0.25) is 0 Å². The van der Waals surface area contributed by atoms with E-state index in [4.69, 9.17) is 9.15 Å². The summed E-state index contributed by atoms with van der Waals surface area (Å²) in [5.74, 6) is -1.52. The van der Waals surface area contributed by atoms with Gasteiger partial charge in [0.1, 0.15) is 6.04 Å². The van der Waals surface area contributed by atoms with Crippen molar-refractivity contribution >= 4 is 30.0 Å². The largest absolute Gasteiger partial charge is 0.504 e. The summed E-state index contributed by atoms with van der Waals surface area (Å²) < 4.78 is 10.4. The molecule has 2 aromatic carbocycles. The molecule has 1 saturated carbocycles. The number of aromatic hydroxyl groups is 1. The summed E-state index contributed by atoms with van der Waals surface area (Å²) in [4.78, 5) is 31.6. The van der Waals surface area contributed by atoms with Crippen molar-refractivity contribution in [3.63, 3.8) is 0 Å². The number of furan rings is 1. The lowest BCUT2D eigenvalue weighted by atomic mass is 9.93. The van der Waals surface area contributed by atoms with Gasteiger partial charge < -0.3 is 29.6 Å². The number of amides is 1. The fourth-order valence-electron chi connectivity index (χ4n) is 4.94. The third-order valence-electron chi connectivity index (χ3n) is 6.95. The molecule has 3 aromatic rings. The molecule has 4 rings (SSSR count). The number of phenols is 1. The summed E-state index contributed by atoms with van der Waals surface area (Å²) in [6.45, 7) is 8.38. The van der Waals surface area contributed by atoms with Crippen molar-refractivity contribution in [2.75, 3.05) is 12.0 Å². The van der Waals surface area contributed by atoms with Crippen LogP contribution in [-0.4, -0.2) is 48.0 Å². The Morgan fingerprint density at radius 3 is 2.50 bits per heavy atom. The second-order valence-corrected chi connectivity index (χ2v) is 9.49. The normalized spacial score (nSPS) is 13.9. The molecule has 1 aliphatic carbocycles. The lowest BCUT2D eigenvalue weighted by Crippen LogP contribution is -2.42. The number of nitrogens with one attached hydrogen (secondary N) is 1. The summed E-state index contributed by atoms with van der Waals surface area (Å²) in [5, 5.41) is 22.2. The first-order valence-electron chi connectivity index (χ1n) is 13.7. The number of hydrogen-bond acceptors (Lipinski definition) is 7. The van der Waals surface area contributed by atoms with Gasteiger partial charge >= 0.3 is 5.97 Å². The van der Waals surface area contributed by atoms with Crippen molar-refractivity contribution < 1.29 is 29.0 Å². The standard InChI is InChI=1S/C29H33N3O6.C2H6/c1-30-23-16-21(28(34)31-24(29(35)36)14-19-8-11-26(33)27(15-19)37-2)9-10-25(23)32(17-20-12-13-38-18-20)22-6-4-3-5-7-22;1-2/h8-13,15-16,18,22,24,33H,1,3-7,14,17H2,2H3,(H,31,34)(H,35,36);1-2H3. The van der Waals surface area contributed by atoms with Gasteiger partial charge in [-0.25, -0.2) is 4.79 Å². The molecule has 1 aromatic heterocycles. The SMILES string of the molecule is C=Nc1cc(C(=O)NC(Cc2ccc(O)c(OC)c2)C(=O)O)ccc1N(Cc1ccoc1)C1CCCCC1.CC. The minimum absolute atomic E-state index is 0.0164. The van der Waals surface area contributed by atoms with Crippen LogP contribution in [-0.2, 0) is 17.8 Å². The van der Waals surface area contributed by atoms with Gasteiger partial charge in [0.25, 0.3) is 5.91 Å². The van der Waals surface area contributed by atoms with Crippen molar-refractivity contribution in [1.82, 2.24) is 5.32 Å². The van der Waals surface area contributed by atoms with Gasteiger partial charge in [0.2, 0.25) is 0 Å². The first-order valence-corrected chi connectivity index (χ1v) is 13.7. The molecule has 214 valence electrons. The van der Waals surface area contributed by atoms with Crippen LogP contribution >= 0.6 is 0 Å². The van der Waals surface area contributed by atoms with E-state index in [1.165, 1.54) is 19.6 Å². The van der Waals surface area contributed by atoms with Gasteiger partial charge in [0, 0.05) is 30.1 Å². The number of carbonyl (C=O) groups is 2. The fraction of sp³-hybridized carbons (Fsp3) is 0.387. The van der Waals surface area contributed by atoms with Gasteiger partial charge in [-0.15, -0.1) is 0 Å². The Kier molecular flexibility index (Phi) is 11.2. The minimum Gasteiger partial charge on any atom is -0.504 e. The van der Waals surface area contributed by atoms with E-state index in [0.29, 0.717) is 23.8 Å². The number of aliphatic imine (C=N–C) groups is 1. The summed E-state index contributed by atoms with van der Waals surface area (Å²) in [5.41, 5.74) is 3.36. The smallest absolute Gasteiger partial charge is 0.326 e. The zero-order valence-corrected chi connectivity index (χ0v) is 23.4. The van der Waals surface area contributed by atoms with E-state index in [2.05, 4.69) is 21.9 Å². The second kappa shape index (κ2) is 14.8. The number of methoxy groups -OCH3 is 1. The Morgan fingerprint density at radius 1 is 1.12 bits per heavy atom. The Balaban J connectivity index is 0.00000216. The molecule has 1 unspecified atom stereocenters. The van der Waals surface area contributed by atoms with Crippen LogP contribution in [0.3, 0.4) is 0 Å². The molecule has 9 nitrogen and oxygen atoms in total. The molecule has 1 atom stereocenters. The first-order chi connectivity index (χ1) is 19.4. The highest BCUT2D eigenvalue weighted by Crippen LogP contribution is 2.36. The van der Waals surface area contributed by atoms with Gasteiger partial charge in [-0.1, -0.05) is 39.2 Å². The number of benzene rings is 2. The molecule has 1 aliphatic rings. The van der Waals surface area contributed by atoms with E-state index in [9.17, 15) is 19.8 Å². The van der Waals surface area contributed by atoms with E-state index in [-0.39, 0.29) is 23.5 Å². The van der Waals surface area contributed by atoms with Gasteiger partial charge in [-0.2, -0.15) is 0 Å². The zero-order chi connectivity index (χ0) is 29.1. The van der Waals surface area contributed by atoms with Crippen LogP contribution in [0, 0.1) is 0 Å². The van der Waals surface area contributed by atoms with E-state index >= 15 is 0 Å². The fourth-order valence-corrected chi connectivity index (χ4v) is 4.94. The van der Waals surface area contributed by atoms with E-state index in [1.807, 2.05) is 26.0 Å². The van der Waals surface area contributed by atoms with Gasteiger partial charge in [0.05, 0.1) is 31.0 Å². The molecule has 1 heterocycles. The number of hydrogen-bond donors (Lipinski definition) is 3. The van der Waals surface area contributed by atoms with E-state index < -0.39 is 17.9 Å². The highest BCUT2D eigenvalue weighted by Gasteiger charge is 2.26. The number of carboxylic acid groups (broad SMARTS) is 1. The highest BCUT2D eigenvalue weighted by molar-refractivity contribution is 5.98. The van der Waals surface area contributed by atoms with Crippen LogP contribution in [0.4, 0.5) is 11.4 Å². The minimum atomic E-state index is -1.18. The monoisotopic (exact) mass is 549 g/mol. The van der Waals surface area contributed by atoms with Crippen molar-refractivity contribution in [2.45, 2.75) is 71.0 Å². The number of anilines is 1. The molecule has 1 amide bonds. The number of phenolic OH excluding ortho intramolecular Hbond substituents is 1. The number of carbonyl (C=O) groups excluding carboxylic acids is 1. The zero-order valence-electron chi connectivity index (χ0n) is 23.4. The molecule has 0 radical (unpaired) electrons. The van der Waals surface area contributed by atoms with Gasteiger partial charge in [0.15, 0.2) is 11.5 Å². The van der Waals surface area contributed by atoms with Crippen LogP contribution in [0.15, 0.2) is 64.4 Å². The van der Waals surface area contributed by atoms with Crippen molar-refractivity contribution in [3.05, 3.63) is 71.7 Å². The van der Waals surface area contributed by atoms with Gasteiger partial charge in [-0.05, 0) is 61.5 Å². The summed E-state index contributed by atoms with van der Waals surface area (Å²) in [6.07, 6.45) is 9.08. The summed E-state index contributed by atoms with van der Waals surface area (Å²) in [6, 6.07) is 10.8. The number of aliphatic carboxylic acids is 1. The molecule has 9 heteroatoms. The number of nitrogens with zero attached hydrogens (tertiary/aromatic N) is 2. The number of carboxylic acids is 1. The van der Waals surface area contributed by atoms with Crippen molar-refractivity contribution in [2.24, 2.45) is 4.99 Å². The predicted octanol–water partition coefficient (Wildman–Crippen LogP) is 6.12. The molecular weight excluding hydrogens is 510 g/mol. The molecule has 0 aliphatic heterocycles. The Hall–Kier alpha value is -4.27. The van der Waals surface area contributed by atoms with Crippen LogP contribution in [0.25, 0.3) is 0 Å². The maximum absolute atomic E-state index is 13.1. The van der Waals surface area contributed by atoms with Gasteiger partial charge in [-0.3, -0.25) is 9.79 Å². The van der Waals surface area contributed by atoms with Crippen LogP contribution in [0.1, 0.15) is 67.4 Å². The molecular formula is C31H39N3O6. The highest BCUT2D eigenvalue weighted by atomic mass is 16.5. The molecule has 0 bridgehead atoms. The van der Waals surface area contributed by atoms with E-state index in [0.717, 1.165) is 36.9 Å². The summed E-state index contributed by atoms with van der Waals surface area (Å²) >= 11 is 0. The molecule has 3 N–H and O–H groups in total. The number of ether oxygens (including phenoxy) is 1. The van der Waals surface area contributed by atoms with E-state index in [1.54, 1.807) is 36.8 Å². The Bertz CT molecular complexity index is 1270. The lowest BCUT2D eigenvalue weighted by molar-refractivity contribution is -0.139. The molecule has 0 saturated heterocycles. The van der Waals surface area contributed by atoms with Crippen molar-refractivity contribution in [1.29, 1.82) is 0 Å². The molecule has 0 spiro atoms. The topological polar surface area (TPSA) is 125 Å². The Morgan fingerprint density at radius 2 is 1.88 bits per heavy atom. The maximum atomic E-state index is 13.1. The van der Waals surface area contributed by atoms with Crippen LogP contribution < -0.4 is 15.0 Å². The third-order valence-corrected chi connectivity index (χ3v) is 6.95. The molecule has 40 heavy (non-hydrogen) atoms. The first kappa shape index (κ1) is 30.3. The average molecular weight is 550 g/mol. The lowest BCUT2D eigenvalue weighted by Gasteiger charge is -2.36. The quantitative estimate of drug-likeness (QED) is 0.246. The average Bonchev–Trinajstić information content (AvgIpc) is 3.51. The van der Waals surface area contributed by atoms with Crippen LogP contribution in [0.5, 0.6) is 11.5 Å². The Labute approximate surface area is 235 Å². The maximum Gasteiger partial charge on any atom is 0.326 e. The molecule has 1 fully saturated rings. The summed E-state index contributed by atoms with van der Waals surface area (Å²) in [7, 11) is 1.41. The predicted molar refractivity (Wildman–Crippen MR) is 156 cm³/mol.